The number of carbonyl (C=O) groups excluding carboxylic acids is 1. The second kappa shape index (κ2) is 17.0. The highest BCUT2D eigenvalue weighted by Crippen LogP contribution is 2.28. The lowest BCUT2D eigenvalue weighted by Crippen LogP contribution is -2.33. The van der Waals surface area contributed by atoms with E-state index in [1.165, 1.54) is 24.0 Å². The Bertz CT molecular complexity index is 1280. The van der Waals surface area contributed by atoms with Gasteiger partial charge in [-0.2, -0.15) is 11.8 Å². The van der Waals surface area contributed by atoms with E-state index in [0.29, 0.717) is 24.4 Å². The van der Waals surface area contributed by atoms with E-state index in [0.717, 1.165) is 47.4 Å². The van der Waals surface area contributed by atoms with Crippen LogP contribution in [0.4, 0.5) is 0 Å². The van der Waals surface area contributed by atoms with Crippen molar-refractivity contribution in [1.29, 1.82) is 0 Å². The number of carboxylic acid groups (broad SMARTS) is 1. The van der Waals surface area contributed by atoms with Gasteiger partial charge in [0.05, 0.1) is 5.92 Å². The van der Waals surface area contributed by atoms with Gasteiger partial charge in [0.1, 0.15) is 0 Å². The van der Waals surface area contributed by atoms with Crippen LogP contribution >= 0.6 is 11.8 Å². The second-order valence-electron chi connectivity index (χ2n) is 11.0. The summed E-state index contributed by atoms with van der Waals surface area (Å²) in [6, 6.07) is 22.8. The van der Waals surface area contributed by atoms with Crippen molar-refractivity contribution in [2.75, 3.05) is 25.1 Å². The van der Waals surface area contributed by atoms with E-state index in [1.807, 2.05) is 49.6 Å². The molecule has 0 aliphatic rings. The van der Waals surface area contributed by atoms with Gasteiger partial charge in [-0.25, -0.2) is 0 Å². The van der Waals surface area contributed by atoms with Crippen molar-refractivity contribution in [3.63, 3.8) is 0 Å². The molecule has 0 radical (unpaired) electrons. The van der Waals surface area contributed by atoms with Crippen molar-refractivity contribution >= 4 is 23.6 Å². The SMILES string of the molecule is CCCC(C)Cc1ccccc1CCNCc1ccc(C(=O)NC[C@@H](CCSC)C(=O)O)c(-c2ccccc2C)c1. The van der Waals surface area contributed by atoms with Crippen molar-refractivity contribution in [2.24, 2.45) is 11.8 Å². The maximum Gasteiger partial charge on any atom is 0.308 e. The van der Waals surface area contributed by atoms with E-state index in [-0.39, 0.29) is 12.5 Å². The molecule has 0 bridgehead atoms. The largest absolute Gasteiger partial charge is 0.481 e. The summed E-state index contributed by atoms with van der Waals surface area (Å²) in [6.07, 6.45) is 7.04. The topological polar surface area (TPSA) is 78.4 Å². The molecule has 3 N–H and O–H groups in total. The quantitative estimate of drug-likeness (QED) is 0.149. The maximum absolute atomic E-state index is 13.3. The number of aryl methyl sites for hydroxylation is 1. The Morgan fingerprint density at radius 2 is 1.68 bits per heavy atom. The van der Waals surface area contributed by atoms with Gasteiger partial charge in [0.25, 0.3) is 5.91 Å². The molecule has 3 rings (SSSR count). The number of thioether (sulfide) groups is 1. The fourth-order valence-electron chi connectivity index (χ4n) is 5.31. The van der Waals surface area contributed by atoms with E-state index in [1.54, 1.807) is 11.8 Å². The predicted octanol–water partition coefficient (Wildman–Crippen LogP) is 7.16. The summed E-state index contributed by atoms with van der Waals surface area (Å²) in [4.78, 5) is 25.0. The molecule has 3 aromatic rings. The van der Waals surface area contributed by atoms with Crippen LogP contribution in [-0.4, -0.2) is 42.1 Å². The third-order valence-corrected chi connectivity index (χ3v) is 8.30. The van der Waals surface area contributed by atoms with Gasteiger partial charge in [-0.3, -0.25) is 9.59 Å². The summed E-state index contributed by atoms with van der Waals surface area (Å²) in [7, 11) is 0. The Hall–Kier alpha value is -3.09. The van der Waals surface area contributed by atoms with Crippen LogP contribution in [-0.2, 0) is 24.2 Å². The summed E-state index contributed by atoms with van der Waals surface area (Å²) in [5, 5.41) is 16.1. The van der Waals surface area contributed by atoms with Gasteiger partial charge in [-0.15, -0.1) is 0 Å². The van der Waals surface area contributed by atoms with Crippen LogP contribution in [0.25, 0.3) is 11.1 Å². The van der Waals surface area contributed by atoms with Gasteiger partial charge in [0, 0.05) is 18.7 Å². The van der Waals surface area contributed by atoms with Crippen molar-refractivity contribution in [1.82, 2.24) is 10.6 Å². The summed E-state index contributed by atoms with van der Waals surface area (Å²) in [5.74, 6) is -0.288. The van der Waals surface area contributed by atoms with Crippen LogP contribution in [0, 0.1) is 18.8 Å². The first-order valence-corrected chi connectivity index (χ1v) is 16.2. The molecule has 6 heteroatoms. The van der Waals surface area contributed by atoms with Gasteiger partial charge in [-0.1, -0.05) is 81.3 Å². The highest BCUT2D eigenvalue weighted by Gasteiger charge is 2.20. The van der Waals surface area contributed by atoms with Gasteiger partial charge < -0.3 is 15.7 Å². The standard InChI is InChI=1S/C35H46N2O3S/c1-5-10-25(2)21-29-13-8-7-12-28(29)17-19-36-23-27-15-16-32(33(22-27)31-14-9-6-11-26(31)3)34(38)37-24-30(35(39)40)18-20-41-4/h6-9,11-16,22,25,30,36H,5,10,17-21,23-24H2,1-4H3,(H,37,38)(H,39,40)/t25?,30-/m1/s1. The number of hydrogen-bond acceptors (Lipinski definition) is 4. The molecular formula is C35H46N2O3S. The zero-order valence-corrected chi connectivity index (χ0v) is 25.9. The third kappa shape index (κ3) is 10.0. The van der Waals surface area contributed by atoms with Crippen LogP contribution in [0.5, 0.6) is 0 Å². The van der Waals surface area contributed by atoms with Gasteiger partial charge in [0.2, 0.25) is 0 Å². The van der Waals surface area contributed by atoms with Crippen molar-refractivity contribution in [3.05, 3.63) is 94.5 Å². The monoisotopic (exact) mass is 574 g/mol. The summed E-state index contributed by atoms with van der Waals surface area (Å²) >= 11 is 1.61. The fourth-order valence-corrected chi connectivity index (χ4v) is 5.83. The molecule has 0 heterocycles. The number of nitrogens with one attached hydrogen (secondary N) is 2. The first-order chi connectivity index (χ1) is 19.8. The second-order valence-corrected chi connectivity index (χ2v) is 12.0. The molecular weight excluding hydrogens is 528 g/mol. The van der Waals surface area contributed by atoms with E-state index in [4.69, 9.17) is 0 Å². The minimum absolute atomic E-state index is 0.115. The van der Waals surface area contributed by atoms with Gasteiger partial charge >= 0.3 is 5.97 Å². The minimum Gasteiger partial charge on any atom is -0.481 e. The summed E-state index contributed by atoms with van der Waals surface area (Å²) in [5.41, 5.74) is 7.49. The smallest absolute Gasteiger partial charge is 0.308 e. The molecule has 0 aliphatic carbocycles. The normalized spacial score (nSPS) is 12.6. The molecule has 2 atom stereocenters. The highest BCUT2D eigenvalue weighted by molar-refractivity contribution is 7.98. The Balaban J connectivity index is 1.71. The number of amides is 1. The average molecular weight is 575 g/mol. The third-order valence-electron chi connectivity index (χ3n) is 7.66. The molecule has 0 fully saturated rings. The van der Waals surface area contributed by atoms with Crippen LogP contribution in [0.2, 0.25) is 0 Å². The Morgan fingerprint density at radius 1 is 0.951 bits per heavy atom. The molecule has 0 saturated heterocycles. The lowest BCUT2D eigenvalue weighted by Gasteiger charge is -2.17. The zero-order valence-electron chi connectivity index (χ0n) is 25.0. The Kier molecular flexibility index (Phi) is 13.4. The lowest BCUT2D eigenvalue weighted by atomic mass is 9.92. The number of benzene rings is 3. The summed E-state index contributed by atoms with van der Waals surface area (Å²) in [6.45, 7) is 8.31. The number of hydrogen-bond donors (Lipinski definition) is 3. The molecule has 220 valence electrons. The molecule has 1 unspecified atom stereocenters. The first-order valence-electron chi connectivity index (χ1n) is 14.8. The number of aliphatic carboxylic acids is 1. The minimum atomic E-state index is -0.877. The Morgan fingerprint density at radius 3 is 2.39 bits per heavy atom. The van der Waals surface area contributed by atoms with Crippen LogP contribution in [0.15, 0.2) is 66.7 Å². The number of rotatable bonds is 17. The fraction of sp³-hybridized carbons (Fsp3) is 0.429. The molecule has 3 aromatic carbocycles. The van der Waals surface area contributed by atoms with Crippen LogP contribution < -0.4 is 10.6 Å². The lowest BCUT2D eigenvalue weighted by molar-refractivity contribution is -0.141. The molecule has 0 aliphatic heterocycles. The van der Waals surface area contributed by atoms with Crippen LogP contribution in [0.3, 0.4) is 0 Å². The van der Waals surface area contributed by atoms with Crippen LogP contribution in [0.1, 0.15) is 65.7 Å². The maximum atomic E-state index is 13.3. The number of carboxylic acids is 1. The highest BCUT2D eigenvalue weighted by atomic mass is 32.2. The molecule has 41 heavy (non-hydrogen) atoms. The van der Waals surface area contributed by atoms with E-state index in [9.17, 15) is 14.7 Å². The Labute approximate surface area is 250 Å². The average Bonchev–Trinajstić information content (AvgIpc) is 2.96. The van der Waals surface area contributed by atoms with Gasteiger partial charge in [0.15, 0.2) is 0 Å². The first kappa shape index (κ1) is 32.4. The molecule has 0 saturated carbocycles. The predicted molar refractivity (Wildman–Crippen MR) is 173 cm³/mol. The molecule has 5 nitrogen and oxygen atoms in total. The molecule has 1 amide bonds. The van der Waals surface area contributed by atoms with Crippen molar-refractivity contribution < 1.29 is 14.7 Å². The van der Waals surface area contributed by atoms with E-state index in [2.05, 4.69) is 54.8 Å². The van der Waals surface area contributed by atoms with E-state index >= 15 is 0 Å². The van der Waals surface area contributed by atoms with Crippen molar-refractivity contribution in [3.8, 4) is 11.1 Å². The number of carbonyl (C=O) groups is 2. The van der Waals surface area contributed by atoms with E-state index < -0.39 is 11.9 Å². The molecule has 0 aromatic heterocycles. The zero-order chi connectivity index (χ0) is 29.6. The van der Waals surface area contributed by atoms with Gasteiger partial charge in [-0.05, 0) is 96.2 Å². The molecule has 0 spiro atoms. The summed E-state index contributed by atoms with van der Waals surface area (Å²) < 4.78 is 0. The van der Waals surface area contributed by atoms with Crippen molar-refractivity contribution in [2.45, 2.75) is 59.4 Å².